The van der Waals surface area contributed by atoms with E-state index in [2.05, 4.69) is 42.7 Å². The van der Waals surface area contributed by atoms with Crippen LogP contribution < -0.4 is 5.32 Å². The zero-order chi connectivity index (χ0) is 13.7. The highest BCUT2D eigenvalue weighted by Crippen LogP contribution is 2.26. The van der Waals surface area contributed by atoms with E-state index in [4.69, 9.17) is 4.74 Å². The summed E-state index contributed by atoms with van der Waals surface area (Å²) < 4.78 is 5.48. The number of hydrogen-bond acceptors (Lipinski definition) is 4. The normalized spacial score (nSPS) is 30.9. The molecule has 2 heterocycles. The van der Waals surface area contributed by atoms with Gasteiger partial charge in [-0.2, -0.15) is 11.8 Å². The van der Waals surface area contributed by atoms with Crippen LogP contribution in [0.1, 0.15) is 33.6 Å². The van der Waals surface area contributed by atoms with Crippen molar-refractivity contribution < 1.29 is 4.74 Å². The Morgan fingerprint density at radius 3 is 2.63 bits per heavy atom. The van der Waals surface area contributed by atoms with Gasteiger partial charge in [-0.1, -0.05) is 20.8 Å². The van der Waals surface area contributed by atoms with E-state index in [1.165, 1.54) is 18.6 Å². The smallest absolute Gasteiger partial charge is 0.0594 e. The largest absolute Gasteiger partial charge is 0.379 e. The van der Waals surface area contributed by atoms with E-state index in [-0.39, 0.29) is 0 Å². The molecule has 0 aromatic rings. The van der Waals surface area contributed by atoms with Crippen molar-refractivity contribution in [1.29, 1.82) is 0 Å². The van der Waals surface area contributed by atoms with Gasteiger partial charge in [0.25, 0.3) is 0 Å². The summed E-state index contributed by atoms with van der Waals surface area (Å²) in [5.41, 5.74) is 0. The molecule has 1 N–H and O–H groups in total. The van der Waals surface area contributed by atoms with Crippen LogP contribution in [0.3, 0.4) is 0 Å². The van der Waals surface area contributed by atoms with E-state index in [9.17, 15) is 0 Å². The molecule has 112 valence electrons. The van der Waals surface area contributed by atoms with E-state index in [1.54, 1.807) is 0 Å². The zero-order valence-corrected chi connectivity index (χ0v) is 13.5. The van der Waals surface area contributed by atoms with Gasteiger partial charge < -0.3 is 10.1 Å². The Morgan fingerprint density at radius 1 is 1.32 bits per heavy atom. The Kier molecular flexibility index (Phi) is 6.46. The van der Waals surface area contributed by atoms with Crippen LogP contribution in [0.4, 0.5) is 0 Å². The molecule has 0 amide bonds. The van der Waals surface area contributed by atoms with Crippen molar-refractivity contribution in [2.45, 2.75) is 50.9 Å². The molecule has 2 aliphatic heterocycles. The second kappa shape index (κ2) is 7.87. The minimum Gasteiger partial charge on any atom is -0.379 e. The Labute approximate surface area is 122 Å². The molecular formula is C15H30N2OS. The lowest BCUT2D eigenvalue weighted by atomic mass is 10.0. The fourth-order valence-corrected chi connectivity index (χ4v) is 4.29. The lowest BCUT2D eigenvalue weighted by Gasteiger charge is -2.36. The van der Waals surface area contributed by atoms with E-state index in [0.717, 1.165) is 50.1 Å². The summed E-state index contributed by atoms with van der Waals surface area (Å²) >= 11 is 2.11. The molecule has 2 aliphatic rings. The third-order valence-corrected chi connectivity index (χ3v) is 5.50. The summed E-state index contributed by atoms with van der Waals surface area (Å²) in [6.07, 6.45) is 2.63. The number of nitrogens with one attached hydrogen (secondary N) is 1. The molecule has 2 rings (SSSR count). The van der Waals surface area contributed by atoms with Crippen LogP contribution in [0.5, 0.6) is 0 Å². The monoisotopic (exact) mass is 286 g/mol. The molecule has 0 aromatic heterocycles. The minimum atomic E-state index is 0.685. The molecule has 19 heavy (non-hydrogen) atoms. The molecule has 0 aliphatic carbocycles. The van der Waals surface area contributed by atoms with Gasteiger partial charge in [-0.25, -0.2) is 0 Å². The molecule has 3 nitrogen and oxygen atoms in total. The average Bonchev–Trinajstić information content (AvgIpc) is 2.81. The van der Waals surface area contributed by atoms with Gasteiger partial charge in [-0.15, -0.1) is 0 Å². The average molecular weight is 286 g/mol. The molecule has 0 saturated carbocycles. The molecule has 3 atom stereocenters. The number of nitrogens with zero attached hydrogens (tertiary/aromatic N) is 1. The van der Waals surface area contributed by atoms with Crippen LogP contribution in [0, 0.1) is 5.92 Å². The van der Waals surface area contributed by atoms with Crippen LogP contribution in [0.2, 0.25) is 0 Å². The fourth-order valence-electron chi connectivity index (χ4n) is 3.11. The highest BCUT2D eigenvalue weighted by Gasteiger charge is 2.25. The van der Waals surface area contributed by atoms with Crippen molar-refractivity contribution in [2.24, 2.45) is 5.92 Å². The van der Waals surface area contributed by atoms with Gasteiger partial charge in [0.05, 0.1) is 13.2 Å². The van der Waals surface area contributed by atoms with Gasteiger partial charge in [-0.3, -0.25) is 4.90 Å². The van der Waals surface area contributed by atoms with Crippen molar-refractivity contribution >= 4 is 11.8 Å². The molecule has 0 spiro atoms. The predicted octanol–water partition coefficient (Wildman–Crippen LogP) is 2.22. The summed E-state index contributed by atoms with van der Waals surface area (Å²) in [5.74, 6) is 2.06. The first kappa shape index (κ1) is 15.6. The Balaban J connectivity index is 1.79. The molecule has 2 fully saturated rings. The minimum absolute atomic E-state index is 0.685. The Bertz CT molecular complexity index is 257. The van der Waals surface area contributed by atoms with Crippen LogP contribution >= 0.6 is 11.8 Å². The predicted molar refractivity (Wildman–Crippen MR) is 84.0 cm³/mol. The number of morpholine rings is 1. The van der Waals surface area contributed by atoms with Crippen LogP contribution in [-0.4, -0.2) is 60.8 Å². The Morgan fingerprint density at radius 2 is 2.05 bits per heavy atom. The maximum absolute atomic E-state index is 5.48. The summed E-state index contributed by atoms with van der Waals surface area (Å²) in [4.78, 5) is 2.63. The van der Waals surface area contributed by atoms with Crippen LogP contribution in [0.15, 0.2) is 0 Å². The molecule has 0 aromatic carbocycles. The lowest BCUT2D eigenvalue weighted by molar-refractivity contribution is 0.0119. The first-order chi connectivity index (χ1) is 9.15. The van der Waals surface area contributed by atoms with E-state index < -0.39 is 0 Å². The second-order valence-electron chi connectivity index (χ2n) is 6.42. The zero-order valence-electron chi connectivity index (χ0n) is 12.7. The number of hydrogen-bond donors (Lipinski definition) is 1. The molecular weight excluding hydrogens is 256 g/mol. The molecule has 0 radical (unpaired) electrons. The van der Waals surface area contributed by atoms with Crippen molar-refractivity contribution in [1.82, 2.24) is 10.2 Å². The highest BCUT2D eigenvalue weighted by atomic mass is 32.2. The summed E-state index contributed by atoms with van der Waals surface area (Å²) in [6, 6.07) is 1.42. The number of rotatable bonds is 6. The maximum atomic E-state index is 5.48. The van der Waals surface area contributed by atoms with Gasteiger partial charge in [0.15, 0.2) is 0 Å². The molecule has 3 unspecified atom stereocenters. The summed E-state index contributed by atoms with van der Waals surface area (Å²) in [5, 5.41) is 4.65. The van der Waals surface area contributed by atoms with Crippen molar-refractivity contribution in [3.63, 3.8) is 0 Å². The van der Waals surface area contributed by atoms with Crippen molar-refractivity contribution in [2.75, 3.05) is 38.6 Å². The van der Waals surface area contributed by atoms with E-state index in [0.29, 0.717) is 6.04 Å². The van der Waals surface area contributed by atoms with Gasteiger partial charge in [0.2, 0.25) is 0 Å². The van der Waals surface area contributed by atoms with Gasteiger partial charge in [-0.05, 0) is 18.8 Å². The summed E-state index contributed by atoms with van der Waals surface area (Å²) in [7, 11) is 0. The van der Waals surface area contributed by atoms with Crippen molar-refractivity contribution in [3.8, 4) is 0 Å². The first-order valence-corrected chi connectivity index (χ1v) is 8.86. The molecule has 2 saturated heterocycles. The number of ether oxygens (including phenoxy) is 1. The second-order valence-corrected chi connectivity index (χ2v) is 7.89. The third-order valence-electron chi connectivity index (χ3n) is 4.15. The SMILES string of the molecule is CC(C)CC(CNC1CSC(C)C1)N1CCOCC1. The van der Waals surface area contributed by atoms with E-state index in [1.807, 2.05) is 0 Å². The maximum Gasteiger partial charge on any atom is 0.0594 e. The lowest BCUT2D eigenvalue weighted by Crippen LogP contribution is -2.50. The Hall–Kier alpha value is 0.230. The fraction of sp³-hybridized carbons (Fsp3) is 1.00. The molecule has 4 heteroatoms. The van der Waals surface area contributed by atoms with Gasteiger partial charge >= 0.3 is 0 Å². The van der Waals surface area contributed by atoms with E-state index >= 15 is 0 Å². The highest BCUT2D eigenvalue weighted by molar-refractivity contribution is 8.00. The quantitative estimate of drug-likeness (QED) is 0.809. The van der Waals surface area contributed by atoms with Gasteiger partial charge in [0.1, 0.15) is 0 Å². The van der Waals surface area contributed by atoms with Crippen LogP contribution in [-0.2, 0) is 4.74 Å². The molecule has 0 bridgehead atoms. The van der Waals surface area contributed by atoms with Crippen LogP contribution in [0.25, 0.3) is 0 Å². The first-order valence-electron chi connectivity index (χ1n) is 7.82. The summed E-state index contributed by atoms with van der Waals surface area (Å²) in [6.45, 7) is 12.2. The standard InChI is InChI=1S/C15H30N2OS/c1-12(2)8-15(17-4-6-18-7-5-17)10-16-14-9-13(3)19-11-14/h12-16H,4-11H2,1-3H3. The van der Waals surface area contributed by atoms with Gasteiger partial charge in [0, 0.05) is 42.7 Å². The third kappa shape index (κ3) is 5.25. The number of thioether (sulfide) groups is 1. The van der Waals surface area contributed by atoms with Crippen molar-refractivity contribution in [3.05, 3.63) is 0 Å². The topological polar surface area (TPSA) is 24.5 Å².